The third kappa shape index (κ3) is 3.76. The van der Waals surface area contributed by atoms with Crippen LogP contribution in [0.3, 0.4) is 0 Å². The van der Waals surface area contributed by atoms with Gasteiger partial charge in [0.15, 0.2) is 9.84 Å². The van der Waals surface area contributed by atoms with E-state index >= 15 is 0 Å². The van der Waals surface area contributed by atoms with Crippen LogP contribution in [0, 0.1) is 18.6 Å². The van der Waals surface area contributed by atoms with Gasteiger partial charge in [0.2, 0.25) is 0 Å². The van der Waals surface area contributed by atoms with E-state index in [9.17, 15) is 17.2 Å². The second-order valence-corrected chi connectivity index (χ2v) is 9.27. The maximum atomic E-state index is 13.7. The lowest BCUT2D eigenvalue weighted by molar-refractivity contribution is 0.556. The number of sulfone groups is 1. The molecule has 7 heteroatoms. The Morgan fingerprint density at radius 3 is 2.40 bits per heavy atom. The molecular weight excluding hydrogens is 386 g/mol. The van der Waals surface area contributed by atoms with Gasteiger partial charge in [-0.3, -0.25) is 0 Å². The van der Waals surface area contributed by atoms with Gasteiger partial charge in [-0.05, 0) is 43.3 Å². The predicted molar refractivity (Wildman–Crippen MR) is 96.7 cm³/mol. The molecule has 0 amide bonds. The fourth-order valence-electron chi connectivity index (χ4n) is 2.39. The van der Waals surface area contributed by atoms with Gasteiger partial charge in [-0.15, -0.1) is 11.3 Å². The van der Waals surface area contributed by atoms with Gasteiger partial charge in [-0.2, -0.15) is 0 Å². The molecule has 0 unspecified atom stereocenters. The first-order valence-electron chi connectivity index (χ1n) is 7.30. The molecule has 3 rings (SSSR count). The zero-order chi connectivity index (χ0) is 18.2. The Labute approximate surface area is 153 Å². The summed E-state index contributed by atoms with van der Waals surface area (Å²) < 4.78 is 52.6. The molecule has 1 heterocycles. The van der Waals surface area contributed by atoms with Gasteiger partial charge in [0.05, 0.1) is 5.75 Å². The van der Waals surface area contributed by atoms with Crippen molar-refractivity contribution in [3.63, 3.8) is 0 Å². The van der Waals surface area contributed by atoms with E-state index in [1.807, 2.05) is 19.1 Å². The molecule has 0 aliphatic rings. The van der Waals surface area contributed by atoms with Gasteiger partial charge in [-0.25, -0.2) is 17.2 Å². The molecule has 0 N–H and O–H groups in total. The summed E-state index contributed by atoms with van der Waals surface area (Å²) in [6.45, 7) is 1.91. The molecule has 0 atom stereocenters. The zero-order valence-corrected chi connectivity index (χ0v) is 15.5. The number of aryl methyl sites for hydroxylation is 1. The van der Waals surface area contributed by atoms with E-state index in [4.69, 9.17) is 11.6 Å². The maximum Gasteiger partial charge on any atom is 0.192 e. The highest BCUT2D eigenvalue weighted by Crippen LogP contribution is 2.36. The summed E-state index contributed by atoms with van der Waals surface area (Å²) in [6.07, 6.45) is 0. The molecule has 0 spiro atoms. The second-order valence-electron chi connectivity index (χ2n) is 5.56. The lowest BCUT2D eigenvalue weighted by Crippen LogP contribution is -2.06. The van der Waals surface area contributed by atoms with Gasteiger partial charge in [-0.1, -0.05) is 29.3 Å². The van der Waals surface area contributed by atoms with Crippen LogP contribution in [0.25, 0.3) is 10.4 Å². The zero-order valence-electron chi connectivity index (χ0n) is 13.1. The van der Waals surface area contributed by atoms with E-state index in [1.54, 1.807) is 12.1 Å². The predicted octanol–water partition coefficient (Wildman–Crippen LogP) is 5.63. The lowest BCUT2D eigenvalue weighted by atomic mass is 10.1. The highest BCUT2D eigenvalue weighted by atomic mass is 35.5. The summed E-state index contributed by atoms with van der Waals surface area (Å²) in [6, 6.07) is 11.8. The normalized spacial score (nSPS) is 11.7. The number of thiophene rings is 1. The van der Waals surface area contributed by atoms with Crippen molar-refractivity contribution in [2.75, 3.05) is 0 Å². The number of rotatable bonds is 4. The highest BCUT2D eigenvalue weighted by Gasteiger charge is 2.23. The molecule has 3 aromatic rings. The summed E-state index contributed by atoms with van der Waals surface area (Å²) in [5, 5.41) is 0.511. The molecule has 0 radical (unpaired) electrons. The summed E-state index contributed by atoms with van der Waals surface area (Å²) in [4.78, 5) is 0.682. The van der Waals surface area contributed by atoms with Crippen LogP contribution in [0.5, 0.6) is 0 Å². The molecule has 0 saturated carbocycles. The smallest absolute Gasteiger partial charge is 0.192 e. The van der Waals surface area contributed by atoms with Crippen LogP contribution in [-0.2, 0) is 15.6 Å². The Morgan fingerprint density at radius 2 is 1.72 bits per heavy atom. The molecule has 0 bridgehead atoms. The summed E-state index contributed by atoms with van der Waals surface area (Å²) in [5.41, 5.74) is 1.27. The summed E-state index contributed by atoms with van der Waals surface area (Å²) >= 11 is 7.21. The summed E-state index contributed by atoms with van der Waals surface area (Å²) in [7, 11) is -3.87. The van der Waals surface area contributed by atoms with Crippen LogP contribution in [0.15, 0.2) is 52.7 Å². The van der Waals surface area contributed by atoms with Crippen molar-refractivity contribution in [1.29, 1.82) is 0 Å². The van der Waals surface area contributed by atoms with Crippen LogP contribution < -0.4 is 0 Å². The molecule has 0 aliphatic heterocycles. The van der Waals surface area contributed by atoms with Crippen LogP contribution in [0.1, 0.15) is 11.1 Å². The Kier molecular flexibility index (Phi) is 4.95. The van der Waals surface area contributed by atoms with Gasteiger partial charge >= 0.3 is 0 Å². The Hall–Kier alpha value is -1.76. The molecule has 130 valence electrons. The minimum Gasteiger partial charge on any atom is -0.223 e. The van der Waals surface area contributed by atoms with E-state index in [2.05, 4.69) is 0 Å². The van der Waals surface area contributed by atoms with Crippen molar-refractivity contribution in [2.24, 2.45) is 0 Å². The molecule has 1 aromatic heterocycles. The van der Waals surface area contributed by atoms with Crippen LogP contribution in [0.2, 0.25) is 5.02 Å². The summed E-state index contributed by atoms with van der Waals surface area (Å²) in [5.74, 6) is -2.48. The van der Waals surface area contributed by atoms with E-state index in [1.165, 1.54) is 12.1 Å². The van der Waals surface area contributed by atoms with Crippen LogP contribution in [0.4, 0.5) is 8.78 Å². The minimum atomic E-state index is -3.87. The third-order valence-electron chi connectivity index (χ3n) is 3.67. The van der Waals surface area contributed by atoms with Gasteiger partial charge < -0.3 is 0 Å². The van der Waals surface area contributed by atoms with E-state index in [-0.39, 0.29) is 4.21 Å². The van der Waals surface area contributed by atoms with Crippen LogP contribution in [-0.4, -0.2) is 8.42 Å². The number of benzene rings is 2. The minimum absolute atomic E-state index is 0.0442. The molecule has 0 fully saturated rings. The topological polar surface area (TPSA) is 34.1 Å². The average Bonchev–Trinajstić information content (AvgIpc) is 3.04. The standard InChI is InChI=1S/C18H13ClF2O2S2/c1-11-5-6-14(19)12(9-11)17-7-8-18(24-17)25(22,23)10-13-15(20)3-2-4-16(13)21/h2-9H,10H2,1H3. The fourth-order valence-corrected chi connectivity index (χ4v) is 5.46. The van der Waals surface area contributed by atoms with Crippen molar-refractivity contribution in [1.82, 2.24) is 0 Å². The molecular formula is C18H13ClF2O2S2. The van der Waals surface area contributed by atoms with Crippen molar-refractivity contribution in [3.8, 4) is 10.4 Å². The largest absolute Gasteiger partial charge is 0.223 e. The van der Waals surface area contributed by atoms with Crippen molar-refractivity contribution in [3.05, 3.63) is 76.3 Å². The molecule has 0 aliphatic carbocycles. The first-order valence-corrected chi connectivity index (χ1v) is 10.1. The van der Waals surface area contributed by atoms with E-state index < -0.39 is 32.8 Å². The Bertz CT molecular complexity index is 1020. The first kappa shape index (κ1) is 18.0. The molecule has 2 aromatic carbocycles. The van der Waals surface area contributed by atoms with Crippen molar-refractivity contribution >= 4 is 32.8 Å². The quantitative estimate of drug-likeness (QED) is 0.570. The van der Waals surface area contributed by atoms with Crippen molar-refractivity contribution < 1.29 is 17.2 Å². The van der Waals surface area contributed by atoms with Gasteiger partial charge in [0.1, 0.15) is 15.8 Å². The van der Waals surface area contributed by atoms with Crippen molar-refractivity contribution in [2.45, 2.75) is 16.9 Å². The first-order chi connectivity index (χ1) is 11.8. The average molecular weight is 399 g/mol. The molecule has 0 saturated heterocycles. The highest BCUT2D eigenvalue weighted by molar-refractivity contribution is 7.92. The Balaban J connectivity index is 1.97. The lowest BCUT2D eigenvalue weighted by Gasteiger charge is -2.05. The number of hydrogen-bond donors (Lipinski definition) is 0. The fraction of sp³-hybridized carbons (Fsp3) is 0.111. The van der Waals surface area contributed by atoms with E-state index in [0.717, 1.165) is 34.6 Å². The van der Waals surface area contributed by atoms with Crippen LogP contribution >= 0.6 is 22.9 Å². The number of hydrogen-bond acceptors (Lipinski definition) is 3. The molecule has 25 heavy (non-hydrogen) atoms. The third-order valence-corrected chi connectivity index (χ3v) is 7.34. The monoisotopic (exact) mass is 398 g/mol. The maximum absolute atomic E-state index is 13.7. The SMILES string of the molecule is Cc1ccc(Cl)c(-c2ccc(S(=O)(=O)Cc3c(F)cccc3F)s2)c1. The van der Waals surface area contributed by atoms with Gasteiger partial charge in [0.25, 0.3) is 0 Å². The second kappa shape index (κ2) is 6.86. The Morgan fingerprint density at radius 1 is 1.04 bits per heavy atom. The van der Waals surface area contributed by atoms with Gasteiger partial charge in [0, 0.05) is 21.0 Å². The molecule has 2 nitrogen and oxygen atoms in total. The number of halogens is 3. The van der Waals surface area contributed by atoms with E-state index in [0.29, 0.717) is 9.90 Å².